The lowest BCUT2D eigenvalue weighted by Gasteiger charge is -2.06. The maximum absolute atomic E-state index is 11.5. The zero-order valence-corrected chi connectivity index (χ0v) is 9.06. The van der Waals surface area contributed by atoms with Crippen LogP contribution in [0.25, 0.3) is 11.0 Å². The second-order valence-electron chi connectivity index (χ2n) is 3.74. The van der Waals surface area contributed by atoms with Crippen molar-refractivity contribution in [3.63, 3.8) is 0 Å². The number of hydrogen-bond donors (Lipinski definition) is 2. The van der Waals surface area contributed by atoms with Crippen LogP contribution in [0.1, 0.15) is 11.1 Å². The molecular weight excluding hydrogens is 224 g/mol. The molecule has 0 bridgehead atoms. The normalized spacial score (nSPS) is 10.6. The lowest BCUT2D eigenvalue weighted by atomic mass is 10.0. The first-order valence-corrected chi connectivity index (χ1v) is 4.96. The highest BCUT2D eigenvalue weighted by Gasteiger charge is 2.14. The lowest BCUT2D eigenvalue weighted by molar-refractivity contribution is -0.136. The average molecular weight is 234 g/mol. The Bertz CT molecular complexity index is 654. The molecule has 17 heavy (non-hydrogen) atoms. The van der Waals surface area contributed by atoms with Crippen LogP contribution in [0.15, 0.2) is 27.4 Å². The molecule has 0 fully saturated rings. The third kappa shape index (κ3) is 1.99. The summed E-state index contributed by atoms with van der Waals surface area (Å²) >= 11 is 0. The minimum absolute atomic E-state index is 0.0363. The summed E-state index contributed by atoms with van der Waals surface area (Å²) in [6.07, 6.45) is -0.251. The molecule has 0 aliphatic heterocycles. The van der Waals surface area contributed by atoms with Gasteiger partial charge in [0, 0.05) is 17.0 Å². The SMILES string of the molecule is Cc1c(CC(=O)O)c2ccc(O)cc2oc1=O. The van der Waals surface area contributed by atoms with Crippen molar-refractivity contribution < 1.29 is 19.4 Å². The van der Waals surface area contributed by atoms with Gasteiger partial charge in [-0.05, 0) is 24.6 Å². The van der Waals surface area contributed by atoms with E-state index >= 15 is 0 Å². The number of carboxylic acid groups (broad SMARTS) is 1. The van der Waals surface area contributed by atoms with Crippen molar-refractivity contribution in [2.45, 2.75) is 13.3 Å². The van der Waals surface area contributed by atoms with Crippen molar-refractivity contribution in [2.24, 2.45) is 0 Å². The number of rotatable bonds is 2. The van der Waals surface area contributed by atoms with Gasteiger partial charge in [-0.3, -0.25) is 4.79 Å². The Labute approximate surface area is 95.9 Å². The van der Waals surface area contributed by atoms with E-state index in [1.165, 1.54) is 19.1 Å². The minimum Gasteiger partial charge on any atom is -0.508 e. The molecule has 0 amide bonds. The number of carbonyl (C=O) groups is 1. The van der Waals surface area contributed by atoms with Gasteiger partial charge in [-0.25, -0.2) is 4.79 Å². The minimum atomic E-state index is -1.02. The monoisotopic (exact) mass is 234 g/mol. The number of phenols is 1. The van der Waals surface area contributed by atoms with E-state index in [-0.39, 0.29) is 23.3 Å². The fourth-order valence-electron chi connectivity index (χ4n) is 1.73. The molecule has 2 N–H and O–H groups in total. The number of fused-ring (bicyclic) bond motifs is 1. The van der Waals surface area contributed by atoms with Crippen molar-refractivity contribution >= 4 is 16.9 Å². The van der Waals surface area contributed by atoms with Gasteiger partial charge in [-0.15, -0.1) is 0 Å². The first-order valence-electron chi connectivity index (χ1n) is 4.96. The van der Waals surface area contributed by atoms with E-state index in [9.17, 15) is 14.7 Å². The Morgan fingerprint density at radius 1 is 1.41 bits per heavy atom. The molecular formula is C12H10O5. The molecule has 2 rings (SSSR count). The Balaban J connectivity index is 2.82. The summed E-state index contributed by atoms with van der Waals surface area (Å²) in [6.45, 7) is 1.52. The van der Waals surface area contributed by atoms with E-state index in [2.05, 4.69) is 0 Å². The van der Waals surface area contributed by atoms with Crippen LogP contribution in [0.2, 0.25) is 0 Å². The molecule has 5 heteroatoms. The largest absolute Gasteiger partial charge is 0.508 e. The van der Waals surface area contributed by atoms with Crippen molar-refractivity contribution in [1.29, 1.82) is 0 Å². The summed E-state index contributed by atoms with van der Waals surface area (Å²) < 4.78 is 4.99. The third-order valence-corrected chi connectivity index (χ3v) is 2.58. The summed E-state index contributed by atoms with van der Waals surface area (Å²) in [4.78, 5) is 22.3. The number of aromatic hydroxyl groups is 1. The molecule has 0 saturated heterocycles. The number of hydrogen-bond acceptors (Lipinski definition) is 4. The van der Waals surface area contributed by atoms with Crippen LogP contribution < -0.4 is 5.63 Å². The molecule has 0 unspecified atom stereocenters. The Morgan fingerprint density at radius 3 is 2.76 bits per heavy atom. The second-order valence-corrected chi connectivity index (χ2v) is 3.74. The summed E-state index contributed by atoms with van der Waals surface area (Å²) in [5.41, 5.74) is 0.311. The quantitative estimate of drug-likeness (QED) is 0.767. The Morgan fingerprint density at radius 2 is 2.12 bits per heavy atom. The zero-order valence-electron chi connectivity index (χ0n) is 9.06. The topological polar surface area (TPSA) is 87.7 Å². The van der Waals surface area contributed by atoms with Crippen molar-refractivity contribution in [3.05, 3.63) is 39.7 Å². The van der Waals surface area contributed by atoms with Crippen molar-refractivity contribution in [1.82, 2.24) is 0 Å². The fourth-order valence-corrected chi connectivity index (χ4v) is 1.73. The first-order chi connectivity index (χ1) is 7.99. The standard InChI is InChI=1S/C12H10O5/c1-6-9(5-11(14)15)8-3-2-7(13)4-10(8)17-12(6)16/h2-4,13H,5H2,1H3,(H,14,15). The maximum Gasteiger partial charge on any atom is 0.339 e. The molecule has 0 spiro atoms. The van der Waals surface area contributed by atoms with Gasteiger partial charge in [0.15, 0.2) is 0 Å². The van der Waals surface area contributed by atoms with E-state index in [1.807, 2.05) is 0 Å². The van der Waals surface area contributed by atoms with E-state index in [0.717, 1.165) is 0 Å². The predicted molar refractivity (Wildman–Crippen MR) is 60.2 cm³/mol. The molecule has 0 saturated carbocycles. The molecule has 0 aliphatic rings. The van der Waals surface area contributed by atoms with Crippen LogP contribution >= 0.6 is 0 Å². The number of phenolic OH excluding ortho intramolecular Hbond substituents is 1. The van der Waals surface area contributed by atoms with Crippen LogP contribution in [0.3, 0.4) is 0 Å². The zero-order chi connectivity index (χ0) is 12.6. The highest BCUT2D eigenvalue weighted by Crippen LogP contribution is 2.24. The van der Waals surface area contributed by atoms with Crippen molar-refractivity contribution in [2.75, 3.05) is 0 Å². The van der Waals surface area contributed by atoms with Gasteiger partial charge in [0.2, 0.25) is 0 Å². The molecule has 2 aromatic rings. The second kappa shape index (κ2) is 3.93. The molecule has 0 atom stereocenters. The van der Waals surface area contributed by atoms with Crippen LogP contribution in [0, 0.1) is 6.92 Å². The average Bonchev–Trinajstić information content (AvgIpc) is 2.24. The Hall–Kier alpha value is -2.30. The fraction of sp³-hybridized carbons (Fsp3) is 0.167. The van der Waals surface area contributed by atoms with E-state index < -0.39 is 11.6 Å². The van der Waals surface area contributed by atoms with Gasteiger partial charge >= 0.3 is 11.6 Å². The van der Waals surface area contributed by atoms with Gasteiger partial charge in [-0.2, -0.15) is 0 Å². The summed E-state index contributed by atoms with van der Waals surface area (Å²) in [6, 6.07) is 4.26. The van der Waals surface area contributed by atoms with Crippen LogP contribution in [-0.4, -0.2) is 16.2 Å². The molecule has 1 aromatic heterocycles. The van der Waals surface area contributed by atoms with Crippen LogP contribution in [-0.2, 0) is 11.2 Å². The molecule has 1 heterocycles. The van der Waals surface area contributed by atoms with Crippen LogP contribution in [0.5, 0.6) is 5.75 Å². The molecule has 0 radical (unpaired) electrons. The first kappa shape index (κ1) is 11.2. The lowest BCUT2D eigenvalue weighted by Crippen LogP contribution is -2.11. The van der Waals surface area contributed by atoms with E-state index in [1.54, 1.807) is 6.07 Å². The van der Waals surface area contributed by atoms with E-state index in [4.69, 9.17) is 9.52 Å². The molecule has 5 nitrogen and oxygen atoms in total. The molecule has 1 aromatic carbocycles. The summed E-state index contributed by atoms with van der Waals surface area (Å²) in [5, 5.41) is 18.6. The highest BCUT2D eigenvalue weighted by atomic mass is 16.4. The van der Waals surface area contributed by atoms with Crippen molar-refractivity contribution in [3.8, 4) is 5.75 Å². The van der Waals surface area contributed by atoms with Gasteiger partial charge in [-0.1, -0.05) is 0 Å². The summed E-state index contributed by atoms with van der Waals surface area (Å²) in [5.74, 6) is -1.06. The third-order valence-electron chi connectivity index (χ3n) is 2.58. The maximum atomic E-state index is 11.5. The van der Waals surface area contributed by atoms with Gasteiger partial charge in [0.25, 0.3) is 0 Å². The Kier molecular flexibility index (Phi) is 2.59. The summed E-state index contributed by atoms with van der Waals surface area (Å²) in [7, 11) is 0. The van der Waals surface area contributed by atoms with E-state index in [0.29, 0.717) is 10.9 Å². The number of benzene rings is 1. The van der Waals surface area contributed by atoms with Gasteiger partial charge in [0.1, 0.15) is 11.3 Å². The van der Waals surface area contributed by atoms with Crippen LogP contribution in [0.4, 0.5) is 0 Å². The molecule has 88 valence electrons. The predicted octanol–water partition coefficient (Wildman–Crippen LogP) is 1.43. The number of carboxylic acids is 1. The van der Waals surface area contributed by atoms with Gasteiger partial charge in [0.05, 0.1) is 6.42 Å². The highest BCUT2D eigenvalue weighted by molar-refractivity contribution is 5.86. The smallest absolute Gasteiger partial charge is 0.339 e. The van der Waals surface area contributed by atoms with Gasteiger partial charge < -0.3 is 14.6 Å². The molecule has 0 aliphatic carbocycles. The number of aliphatic carboxylic acids is 1.